The number of rotatable bonds is 4. The van der Waals surface area contributed by atoms with E-state index < -0.39 is 0 Å². The van der Waals surface area contributed by atoms with E-state index in [-0.39, 0.29) is 11.7 Å². The molecule has 0 heterocycles. The average Bonchev–Trinajstić information content (AvgIpc) is 2.20. The van der Waals surface area contributed by atoms with Crippen molar-refractivity contribution in [1.82, 2.24) is 0 Å². The number of methoxy groups -OCH3 is 1. The van der Waals surface area contributed by atoms with Crippen molar-refractivity contribution >= 4 is 11.6 Å². The molecule has 0 saturated carbocycles. The van der Waals surface area contributed by atoms with Crippen LogP contribution in [0.5, 0.6) is 0 Å². The zero-order chi connectivity index (χ0) is 11.4. The van der Waals surface area contributed by atoms with E-state index in [9.17, 15) is 4.39 Å². The van der Waals surface area contributed by atoms with Crippen molar-refractivity contribution in [1.29, 1.82) is 0 Å². The van der Waals surface area contributed by atoms with Crippen LogP contribution in [0.2, 0.25) is 5.02 Å². The highest BCUT2D eigenvalue weighted by Gasteiger charge is 2.15. The smallest absolute Gasteiger partial charge is 0.126 e. The summed E-state index contributed by atoms with van der Waals surface area (Å²) in [6.45, 7) is 2.51. The number of hydrogen-bond donors (Lipinski definition) is 1. The third kappa shape index (κ3) is 2.91. The summed E-state index contributed by atoms with van der Waals surface area (Å²) >= 11 is 6.03. The Balaban J connectivity index is 3.06. The van der Waals surface area contributed by atoms with Gasteiger partial charge in [0.05, 0.1) is 6.61 Å². The molecular formula is C11H15ClFNO. The summed E-state index contributed by atoms with van der Waals surface area (Å²) in [5, 5.41) is 0.543. The Morgan fingerprint density at radius 3 is 2.73 bits per heavy atom. The lowest BCUT2D eigenvalue weighted by Gasteiger charge is -2.16. The molecule has 0 aliphatic carbocycles. The van der Waals surface area contributed by atoms with Crippen LogP contribution in [0.4, 0.5) is 4.39 Å². The lowest BCUT2D eigenvalue weighted by Crippen LogP contribution is -2.18. The highest BCUT2D eigenvalue weighted by molar-refractivity contribution is 6.31. The van der Waals surface area contributed by atoms with Crippen LogP contribution in [0, 0.1) is 12.7 Å². The SMILES string of the molecule is COCC(CN)c1cc(F)c(C)cc1Cl. The zero-order valence-electron chi connectivity index (χ0n) is 8.89. The predicted octanol–water partition coefficient (Wildman–Crippen LogP) is 2.48. The van der Waals surface area contributed by atoms with Gasteiger partial charge in [-0.3, -0.25) is 0 Å². The molecular weight excluding hydrogens is 217 g/mol. The highest BCUT2D eigenvalue weighted by Crippen LogP contribution is 2.27. The molecule has 2 N–H and O–H groups in total. The minimum Gasteiger partial charge on any atom is -0.384 e. The quantitative estimate of drug-likeness (QED) is 0.864. The van der Waals surface area contributed by atoms with Crippen LogP contribution in [0.3, 0.4) is 0 Å². The first-order valence-corrected chi connectivity index (χ1v) is 5.12. The number of ether oxygens (including phenoxy) is 1. The monoisotopic (exact) mass is 231 g/mol. The molecule has 2 nitrogen and oxygen atoms in total. The van der Waals surface area contributed by atoms with Crippen molar-refractivity contribution in [2.24, 2.45) is 5.73 Å². The number of nitrogens with two attached hydrogens (primary N) is 1. The predicted molar refractivity (Wildman–Crippen MR) is 59.8 cm³/mol. The zero-order valence-corrected chi connectivity index (χ0v) is 9.64. The van der Waals surface area contributed by atoms with Crippen molar-refractivity contribution in [3.8, 4) is 0 Å². The van der Waals surface area contributed by atoms with Gasteiger partial charge in [-0.25, -0.2) is 4.39 Å². The molecule has 1 aromatic rings. The Labute approximate surface area is 94.2 Å². The molecule has 4 heteroatoms. The van der Waals surface area contributed by atoms with Crippen LogP contribution >= 0.6 is 11.6 Å². The molecule has 0 aliphatic rings. The second-order valence-corrected chi connectivity index (χ2v) is 3.92. The number of halogens is 2. The molecule has 0 saturated heterocycles. The third-order valence-electron chi connectivity index (χ3n) is 2.37. The molecule has 15 heavy (non-hydrogen) atoms. The Morgan fingerprint density at radius 2 is 2.20 bits per heavy atom. The van der Waals surface area contributed by atoms with Crippen LogP contribution in [-0.4, -0.2) is 20.3 Å². The Bertz CT molecular complexity index is 344. The Hall–Kier alpha value is -0.640. The average molecular weight is 232 g/mol. The van der Waals surface area contributed by atoms with E-state index in [1.54, 1.807) is 20.1 Å². The van der Waals surface area contributed by atoms with Crippen LogP contribution in [0.25, 0.3) is 0 Å². The first-order chi connectivity index (χ1) is 7.10. The maximum absolute atomic E-state index is 13.4. The summed E-state index contributed by atoms with van der Waals surface area (Å²) in [5.41, 5.74) is 6.84. The van der Waals surface area contributed by atoms with Gasteiger partial charge >= 0.3 is 0 Å². The summed E-state index contributed by atoms with van der Waals surface area (Å²) in [7, 11) is 1.58. The third-order valence-corrected chi connectivity index (χ3v) is 2.70. The normalized spacial score (nSPS) is 12.9. The summed E-state index contributed by atoms with van der Waals surface area (Å²) in [6.07, 6.45) is 0. The molecule has 1 rings (SSSR count). The fourth-order valence-electron chi connectivity index (χ4n) is 1.46. The largest absolute Gasteiger partial charge is 0.384 e. The molecule has 0 bridgehead atoms. The Kier molecular flexibility index (Phi) is 4.51. The van der Waals surface area contributed by atoms with Gasteiger partial charge < -0.3 is 10.5 Å². The molecule has 0 radical (unpaired) electrons. The van der Waals surface area contributed by atoms with Gasteiger partial charge in [-0.1, -0.05) is 11.6 Å². The minimum atomic E-state index is -0.260. The second kappa shape index (κ2) is 5.45. The maximum Gasteiger partial charge on any atom is 0.126 e. The first kappa shape index (κ1) is 12.4. The van der Waals surface area contributed by atoms with Crippen molar-refractivity contribution in [3.63, 3.8) is 0 Å². The van der Waals surface area contributed by atoms with E-state index in [4.69, 9.17) is 22.1 Å². The van der Waals surface area contributed by atoms with E-state index in [0.717, 1.165) is 0 Å². The molecule has 0 aliphatic heterocycles. The molecule has 84 valence electrons. The van der Waals surface area contributed by atoms with Gasteiger partial charge in [0.2, 0.25) is 0 Å². The van der Waals surface area contributed by atoms with Crippen LogP contribution in [0.15, 0.2) is 12.1 Å². The lowest BCUT2D eigenvalue weighted by molar-refractivity contribution is 0.181. The standard InChI is InChI=1S/C11H15ClFNO/c1-7-3-10(12)9(4-11(7)13)8(5-14)6-15-2/h3-4,8H,5-6,14H2,1-2H3. The fraction of sp³-hybridized carbons (Fsp3) is 0.455. The number of aryl methyl sites for hydroxylation is 1. The van der Waals surface area contributed by atoms with Crippen LogP contribution in [0.1, 0.15) is 17.0 Å². The van der Waals surface area contributed by atoms with Gasteiger partial charge in [0.15, 0.2) is 0 Å². The van der Waals surface area contributed by atoms with E-state index in [2.05, 4.69) is 0 Å². The topological polar surface area (TPSA) is 35.2 Å². The van der Waals surface area contributed by atoms with Gasteiger partial charge in [-0.05, 0) is 30.2 Å². The highest BCUT2D eigenvalue weighted by atomic mass is 35.5. The van der Waals surface area contributed by atoms with Crippen LogP contribution < -0.4 is 5.73 Å². The van der Waals surface area contributed by atoms with E-state index in [0.29, 0.717) is 29.3 Å². The van der Waals surface area contributed by atoms with Crippen molar-refractivity contribution in [3.05, 3.63) is 34.1 Å². The van der Waals surface area contributed by atoms with Crippen molar-refractivity contribution in [2.45, 2.75) is 12.8 Å². The Morgan fingerprint density at radius 1 is 1.53 bits per heavy atom. The first-order valence-electron chi connectivity index (χ1n) is 4.74. The molecule has 0 amide bonds. The maximum atomic E-state index is 13.4. The van der Waals surface area contributed by atoms with Crippen LogP contribution in [-0.2, 0) is 4.74 Å². The van der Waals surface area contributed by atoms with Gasteiger partial charge in [-0.2, -0.15) is 0 Å². The summed E-state index contributed by atoms with van der Waals surface area (Å²) in [4.78, 5) is 0. The van der Waals surface area contributed by atoms with E-state index in [1.807, 2.05) is 0 Å². The molecule has 1 atom stereocenters. The molecule has 0 spiro atoms. The fourth-order valence-corrected chi connectivity index (χ4v) is 1.83. The lowest BCUT2D eigenvalue weighted by atomic mass is 9.98. The number of benzene rings is 1. The van der Waals surface area contributed by atoms with E-state index in [1.165, 1.54) is 6.07 Å². The number of hydrogen-bond acceptors (Lipinski definition) is 2. The summed E-state index contributed by atoms with van der Waals surface area (Å²) < 4.78 is 18.4. The van der Waals surface area contributed by atoms with Crippen molar-refractivity contribution in [2.75, 3.05) is 20.3 Å². The molecule has 1 unspecified atom stereocenters. The second-order valence-electron chi connectivity index (χ2n) is 3.51. The minimum absolute atomic E-state index is 0.0578. The molecule has 0 aromatic heterocycles. The van der Waals surface area contributed by atoms with Gasteiger partial charge in [0.1, 0.15) is 5.82 Å². The summed E-state index contributed by atoms with van der Waals surface area (Å²) in [5.74, 6) is -0.318. The van der Waals surface area contributed by atoms with Gasteiger partial charge in [0.25, 0.3) is 0 Å². The van der Waals surface area contributed by atoms with E-state index >= 15 is 0 Å². The van der Waals surface area contributed by atoms with Gasteiger partial charge in [-0.15, -0.1) is 0 Å². The van der Waals surface area contributed by atoms with Gasteiger partial charge in [0, 0.05) is 24.6 Å². The van der Waals surface area contributed by atoms with Crippen molar-refractivity contribution < 1.29 is 9.13 Å². The molecule has 0 fully saturated rings. The summed E-state index contributed by atoms with van der Waals surface area (Å²) in [6, 6.07) is 3.05. The molecule has 1 aromatic carbocycles.